The lowest BCUT2D eigenvalue weighted by molar-refractivity contribution is -0.138. The smallest absolute Gasteiger partial charge is 0.304 e. The van der Waals surface area contributed by atoms with Gasteiger partial charge in [0.25, 0.3) is 0 Å². The fraction of sp³-hybridized carbons (Fsp3) is 0.500. The van der Waals surface area contributed by atoms with E-state index in [1.807, 2.05) is 33.8 Å². The van der Waals surface area contributed by atoms with Crippen LogP contribution in [0.3, 0.4) is 0 Å². The van der Waals surface area contributed by atoms with Gasteiger partial charge in [0, 0.05) is 5.41 Å². The molecule has 0 bridgehead atoms. The molecule has 18 heavy (non-hydrogen) atoms. The Morgan fingerprint density at radius 2 is 2.06 bits per heavy atom. The summed E-state index contributed by atoms with van der Waals surface area (Å²) in [6.45, 7) is 7.63. The maximum absolute atomic E-state index is 10.8. The molecule has 1 aromatic carbocycles. The molecule has 0 amide bonds. The van der Waals surface area contributed by atoms with Crippen LogP contribution in [0.4, 0.5) is 0 Å². The molecule has 0 heterocycles. The van der Waals surface area contributed by atoms with Crippen LogP contribution in [0.1, 0.15) is 39.7 Å². The molecule has 0 aliphatic carbocycles. The molecule has 0 spiro atoms. The molecule has 0 aliphatic heterocycles. The van der Waals surface area contributed by atoms with E-state index < -0.39 is 11.4 Å². The van der Waals surface area contributed by atoms with Crippen LogP contribution in [0.2, 0.25) is 5.02 Å². The van der Waals surface area contributed by atoms with Gasteiger partial charge in [-0.1, -0.05) is 31.5 Å². The minimum Gasteiger partial charge on any atom is -0.489 e. The van der Waals surface area contributed by atoms with Crippen molar-refractivity contribution in [1.29, 1.82) is 0 Å². The van der Waals surface area contributed by atoms with Crippen molar-refractivity contribution in [3.8, 4) is 5.75 Å². The van der Waals surface area contributed by atoms with E-state index in [1.54, 1.807) is 12.1 Å². The lowest BCUT2D eigenvalue weighted by atomic mass is 9.81. The zero-order valence-corrected chi connectivity index (χ0v) is 11.9. The second-order valence-electron chi connectivity index (χ2n) is 5.27. The normalized spacial score (nSPS) is 11.7. The van der Waals surface area contributed by atoms with Gasteiger partial charge in [0.2, 0.25) is 0 Å². The summed E-state index contributed by atoms with van der Waals surface area (Å²) in [4.78, 5) is 10.8. The van der Waals surface area contributed by atoms with Crippen LogP contribution in [-0.4, -0.2) is 17.2 Å². The number of hydrogen-bond acceptors (Lipinski definition) is 2. The predicted octanol–water partition coefficient (Wildman–Crippen LogP) is 3.88. The third-order valence-corrected chi connectivity index (χ3v) is 2.96. The molecule has 0 unspecified atom stereocenters. The largest absolute Gasteiger partial charge is 0.489 e. The van der Waals surface area contributed by atoms with E-state index in [9.17, 15) is 4.79 Å². The van der Waals surface area contributed by atoms with Crippen LogP contribution in [0.15, 0.2) is 18.2 Å². The highest BCUT2D eigenvalue weighted by Crippen LogP contribution is 2.33. The van der Waals surface area contributed by atoms with Gasteiger partial charge in [0.1, 0.15) is 5.75 Å². The Balaban J connectivity index is 2.99. The SMILES string of the molecule is CC(C)Oc1ccc(C(C)(C)CC(=O)O)cc1Cl. The summed E-state index contributed by atoms with van der Waals surface area (Å²) in [6, 6.07) is 5.44. The first-order chi connectivity index (χ1) is 8.22. The summed E-state index contributed by atoms with van der Waals surface area (Å²) in [6.07, 6.45) is 0.119. The van der Waals surface area contributed by atoms with Crippen LogP contribution < -0.4 is 4.74 Å². The van der Waals surface area contributed by atoms with Crippen molar-refractivity contribution >= 4 is 17.6 Å². The number of halogens is 1. The third-order valence-electron chi connectivity index (χ3n) is 2.67. The number of benzene rings is 1. The van der Waals surface area contributed by atoms with E-state index in [1.165, 1.54) is 0 Å². The van der Waals surface area contributed by atoms with Crippen LogP contribution in [0.5, 0.6) is 5.75 Å². The summed E-state index contributed by atoms with van der Waals surface area (Å²) in [7, 11) is 0. The monoisotopic (exact) mass is 270 g/mol. The number of rotatable bonds is 5. The Morgan fingerprint density at radius 1 is 1.44 bits per heavy atom. The zero-order chi connectivity index (χ0) is 13.9. The Hall–Kier alpha value is -1.22. The Labute approximate surface area is 113 Å². The minimum atomic E-state index is -0.821. The van der Waals surface area contributed by atoms with Gasteiger partial charge in [0.05, 0.1) is 17.5 Å². The second-order valence-corrected chi connectivity index (χ2v) is 5.67. The first kappa shape index (κ1) is 14.8. The molecule has 3 nitrogen and oxygen atoms in total. The van der Waals surface area contributed by atoms with E-state index >= 15 is 0 Å². The van der Waals surface area contributed by atoms with Gasteiger partial charge in [-0.05, 0) is 31.5 Å². The summed E-state index contributed by atoms with van der Waals surface area (Å²) in [5.41, 5.74) is 0.442. The quantitative estimate of drug-likeness (QED) is 0.883. The predicted molar refractivity (Wildman–Crippen MR) is 72.5 cm³/mol. The fourth-order valence-corrected chi connectivity index (χ4v) is 1.98. The van der Waals surface area contributed by atoms with E-state index in [0.29, 0.717) is 10.8 Å². The number of carboxylic acid groups (broad SMARTS) is 1. The van der Waals surface area contributed by atoms with Crippen LogP contribution >= 0.6 is 11.6 Å². The molecular formula is C14H19ClO3. The van der Waals surface area contributed by atoms with Crippen LogP contribution in [0.25, 0.3) is 0 Å². The van der Waals surface area contributed by atoms with Gasteiger partial charge < -0.3 is 9.84 Å². The fourth-order valence-electron chi connectivity index (χ4n) is 1.75. The first-order valence-electron chi connectivity index (χ1n) is 5.91. The lowest BCUT2D eigenvalue weighted by Gasteiger charge is -2.24. The Bertz CT molecular complexity index is 439. The van der Waals surface area contributed by atoms with Crippen LogP contribution in [0, 0.1) is 0 Å². The molecular weight excluding hydrogens is 252 g/mol. The van der Waals surface area contributed by atoms with Crippen molar-refractivity contribution in [2.75, 3.05) is 0 Å². The summed E-state index contributed by atoms with van der Waals surface area (Å²) in [5, 5.41) is 9.41. The maximum Gasteiger partial charge on any atom is 0.304 e. The average Bonchev–Trinajstić information content (AvgIpc) is 2.18. The van der Waals surface area contributed by atoms with Gasteiger partial charge in [-0.15, -0.1) is 0 Å². The van der Waals surface area contributed by atoms with E-state index in [0.717, 1.165) is 5.56 Å². The van der Waals surface area contributed by atoms with Crippen molar-refractivity contribution in [1.82, 2.24) is 0 Å². The molecule has 0 radical (unpaired) electrons. The van der Waals surface area contributed by atoms with Gasteiger partial charge >= 0.3 is 5.97 Å². The molecule has 1 aromatic rings. The summed E-state index contributed by atoms with van der Waals surface area (Å²) >= 11 is 6.14. The average molecular weight is 271 g/mol. The highest BCUT2D eigenvalue weighted by molar-refractivity contribution is 6.32. The van der Waals surface area contributed by atoms with E-state index in [2.05, 4.69) is 0 Å². The molecule has 0 saturated carbocycles. The molecule has 0 fully saturated rings. The Morgan fingerprint density at radius 3 is 2.50 bits per heavy atom. The minimum absolute atomic E-state index is 0.0559. The molecule has 0 atom stereocenters. The number of aliphatic carboxylic acids is 1. The third kappa shape index (κ3) is 3.91. The van der Waals surface area contributed by atoms with Gasteiger partial charge in [-0.25, -0.2) is 0 Å². The number of carboxylic acids is 1. The van der Waals surface area contributed by atoms with Crippen molar-refractivity contribution in [3.05, 3.63) is 28.8 Å². The highest BCUT2D eigenvalue weighted by Gasteiger charge is 2.25. The summed E-state index contributed by atoms with van der Waals surface area (Å²) < 4.78 is 5.55. The topological polar surface area (TPSA) is 46.5 Å². The van der Waals surface area contributed by atoms with E-state index in [4.69, 9.17) is 21.4 Å². The second kappa shape index (κ2) is 5.61. The highest BCUT2D eigenvalue weighted by atomic mass is 35.5. The molecule has 100 valence electrons. The first-order valence-corrected chi connectivity index (χ1v) is 6.28. The molecule has 0 aliphatic rings. The van der Waals surface area contributed by atoms with Crippen molar-refractivity contribution in [2.24, 2.45) is 0 Å². The molecule has 4 heteroatoms. The van der Waals surface area contributed by atoms with E-state index in [-0.39, 0.29) is 12.5 Å². The standard InChI is InChI=1S/C14H19ClO3/c1-9(2)18-12-6-5-10(7-11(12)15)14(3,4)8-13(16)17/h5-7,9H,8H2,1-4H3,(H,16,17). The molecule has 1 rings (SSSR count). The molecule has 1 N–H and O–H groups in total. The maximum atomic E-state index is 10.8. The van der Waals surface area contributed by atoms with Gasteiger partial charge in [-0.2, -0.15) is 0 Å². The number of carbonyl (C=O) groups is 1. The van der Waals surface area contributed by atoms with Crippen LogP contribution in [-0.2, 0) is 10.2 Å². The van der Waals surface area contributed by atoms with Gasteiger partial charge in [-0.3, -0.25) is 4.79 Å². The molecule has 0 saturated heterocycles. The zero-order valence-electron chi connectivity index (χ0n) is 11.2. The summed E-state index contributed by atoms with van der Waals surface area (Å²) in [5.74, 6) is -0.194. The lowest BCUT2D eigenvalue weighted by Crippen LogP contribution is -2.21. The van der Waals surface area contributed by atoms with Crippen molar-refractivity contribution < 1.29 is 14.6 Å². The number of ether oxygens (including phenoxy) is 1. The molecule has 0 aromatic heterocycles. The number of hydrogen-bond donors (Lipinski definition) is 1. The van der Waals surface area contributed by atoms with Gasteiger partial charge in [0.15, 0.2) is 0 Å². The van der Waals surface area contributed by atoms with Crippen molar-refractivity contribution in [2.45, 2.75) is 45.6 Å². The van der Waals surface area contributed by atoms with Crippen molar-refractivity contribution in [3.63, 3.8) is 0 Å². The Kier molecular flexibility index (Phi) is 4.63.